The van der Waals surface area contributed by atoms with Crippen molar-refractivity contribution in [3.8, 4) is 11.5 Å². The highest BCUT2D eigenvalue weighted by Crippen LogP contribution is 2.42. The fourth-order valence-corrected chi connectivity index (χ4v) is 6.35. The first-order chi connectivity index (χ1) is 21.6. The number of fused-ring (bicyclic) bond motifs is 2. The molecule has 2 amide bonds. The monoisotopic (exact) mass is 648 g/mol. The van der Waals surface area contributed by atoms with Gasteiger partial charge in [-0.2, -0.15) is 0 Å². The molecule has 3 atom stereocenters. The molecule has 0 radical (unpaired) electrons. The highest BCUT2D eigenvalue weighted by molar-refractivity contribution is 6.76. The summed E-state index contributed by atoms with van der Waals surface area (Å²) in [5.41, 5.74) is 0.493. The Hall–Kier alpha value is -3.13. The Morgan fingerprint density at radius 3 is 2.58 bits per heavy atom. The van der Waals surface area contributed by atoms with Crippen LogP contribution in [0, 0.1) is 0 Å². The van der Waals surface area contributed by atoms with Crippen LogP contribution in [0.2, 0.25) is 25.7 Å². The number of ether oxygens (including phenoxy) is 6. The first kappa shape index (κ1) is 34.7. The number of carboxylic acid groups (broad SMARTS) is 1. The molecule has 0 spiro atoms. The average Bonchev–Trinajstić information content (AvgIpc) is 3.10. The number of hydrogen-bond acceptors (Lipinski definition) is 9. The average molecular weight is 649 g/mol. The first-order valence-corrected chi connectivity index (χ1v) is 19.7. The molecule has 45 heavy (non-hydrogen) atoms. The summed E-state index contributed by atoms with van der Waals surface area (Å²) in [4.78, 5) is 42.3. The molecule has 2 saturated heterocycles. The molecule has 0 aromatic heterocycles. The van der Waals surface area contributed by atoms with E-state index in [1.54, 1.807) is 17.0 Å². The van der Waals surface area contributed by atoms with E-state index in [0.717, 1.165) is 31.7 Å². The third kappa shape index (κ3) is 9.68. The second kappa shape index (κ2) is 16.4. The molecule has 0 saturated carbocycles. The summed E-state index contributed by atoms with van der Waals surface area (Å²) in [5.74, 6) is -0.687. The van der Waals surface area contributed by atoms with E-state index in [1.807, 2.05) is 0 Å². The van der Waals surface area contributed by atoms with Gasteiger partial charge in [0, 0.05) is 40.3 Å². The van der Waals surface area contributed by atoms with Crippen molar-refractivity contribution in [2.45, 2.75) is 95.6 Å². The van der Waals surface area contributed by atoms with Gasteiger partial charge in [0.05, 0.1) is 23.9 Å². The predicted molar refractivity (Wildman–Crippen MR) is 170 cm³/mol. The molecule has 2 fully saturated rings. The van der Waals surface area contributed by atoms with Crippen LogP contribution in [0.3, 0.4) is 0 Å². The maximum atomic E-state index is 14.2. The molecule has 4 rings (SSSR count). The van der Waals surface area contributed by atoms with Gasteiger partial charge in [-0.15, -0.1) is 0 Å². The second-order valence-corrected chi connectivity index (χ2v) is 18.4. The smallest absolute Gasteiger partial charge is 0.416 e. The van der Waals surface area contributed by atoms with E-state index in [0.29, 0.717) is 32.6 Å². The zero-order valence-corrected chi connectivity index (χ0v) is 27.8. The molecule has 1 N–H and O–H groups in total. The SMILES string of the molecule is C=CCOC(=O)N1c2cc(OCCCC(=O)O)c(OCOCC[Si](C)(C)C)cc2C(=O)N2CCCCC2C1OC1CCCCO1. The van der Waals surface area contributed by atoms with Crippen molar-refractivity contribution in [2.24, 2.45) is 0 Å². The van der Waals surface area contributed by atoms with Crippen LogP contribution in [0.1, 0.15) is 61.7 Å². The Bertz CT molecular complexity index is 1180. The van der Waals surface area contributed by atoms with Gasteiger partial charge in [-0.05, 0) is 57.1 Å². The van der Waals surface area contributed by atoms with Crippen LogP contribution in [0.15, 0.2) is 24.8 Å². The van der Waals surface area contributed by atoms with Crippen LogP contribution in [0.4, 0.5) is 10.5 Å². The first-order valence-electron chi connectivity index (χ1n) is 16.0. The van der Waals surface area contributed by atoms with E-state index < -0.39 is 38.7 Å². The van der Waals surface area contributed by atoms with Crippen LogP contribution in [-0.2, 0) is 23.7 Å². The highest BCUT2D eigenvalue weighted by Gasteiger charge is 2.47. The molecule has 3 heterocycles. The summed E-state index contributed by atoms with van der Waals surface area (Å²) < 4.78 is 35.8. The molecule has 3 aliphatic rings. The van der Waals surface area contributed by atoms with Gasteiger partial charge in [0.1, 0.15) is 6.61 Å². The van der Waals surface area contributed by atoms with E-state index in [-0.39, 0.29) is 61.5 Å². The van der Waals surface area contributed by atoms with Gasteiger partial charge in [-0.1, -0.05) is 32.3 Å². The predicted octanol–water partition coefficient (Wildman–Crippen LogP) is 5.63. The number of aliphatic carboxylic acids is 1. The third-order valence-corrected chi connectivity index (χ3v) is 9.69. The normalized spacial score (nSPS) is 21.8. The number of benzene rings is 1. The Kier molecular flexibility index (Phi) is 12.7. The number of carbonyl (C=O) groups excluding carboxylic acids is 2. The Morgan fingerprint density at radius 2 is 1.87 bits per heavy atom. The number of piperidine rings is 1. The second-order valence-electron chi connectivity index (χ2n) is 12.8. The van der Waals surface area contributed by atoms with Crippen molar-refractivity contribution in [2.75, 3.05) is 44.7 Å². The minimum atomic E-state index is -1.31. The van der Waals surface area contributed by atoms with Crippen LogP contribution in [-0.4, -0.2) is 94.4 Å². The largest absolute Gasteiger partial charge is 0.490 e. The Balaban J connectivity index is 1.74. The van der Waals surface area contributed by atoms with Crippen LogP contribution in [0.25, 0.3) is 0 Å². The molecule has 13 heteroatoms. The van der Waals surface area contributed by atoms with Gasteiger partial charge >= 0.3 is 12.1 Å². The zero-order chi connectivity index (χ0) is 32.4. The van der Waals surface area contributed by atoms with E-state index in [4.69, 9.17) is 33.5 Å². The molecule has 3 aliphatic heterocycles. The maximum Gasteiger partial charge on any atom is 0.416 e. The topological polar surface area (TPSA) is 133 Å². The van der Waals surface area contributed by atoms with Crippen LogP contribution in [0.5, 0.6) is 11.5 Å². The molecule has 0 aliphatic carbocycles. The fraction of sp³-hybridized carbons (Fsp3) is 0.656. The lowest BCUT2D eigenvalue weighted by molar-refractivity contribution is -0.198. The van der Waals surface area contributed by atoms with Crippen molar-refractivity contribution in [1.29, 1.82) is 0 Å². The van der Waals surface area contributed by atoms with Crippen molar-refractivity contribution in [3.05, 3.63) is 30.4 Å². The standard InChI is InChI=1S/C32H48N2O10Si/c1-5-15-42-32(38)34-25-21-27(40-17-10-12-28(35)36)26(43-22-39-18-19-45(2,3)4)20-23(25)30(37)33-14-8-6-11-24(33)31(34)44-29-13-7-9-16-41-29/h5,20-21,24,29,31H,1,6-19,22H2,2-4H3,(H,35,36). The van der Waals surface area contributed by atoms with Gasteiger partial charge < -0.3 is 38.4 Å². The van der Waals surface area contributed by atoms with Crippen LogP contribution < -0.4 is 14.4 Å². The highest BCUT2D eigenvalue weighted by atomic mass is 28.3. The molecule has 1 aromatic rings. The Morgan fingerprint density at radius 1 is 1.09 bits per heavy atom. The number of amides is 2. The summed E-state index contributed by atoms with van der Waals surface area (Å²) in [6.45, 7) is 12.0. The van der Waals surface area contributed by atoms with Gasteiger partial charge in [0.25, 0.3) is 5.91 Å². The van der Waals surface area contributed by atoms with Gasteiger partial charge in [0.2, 0.25) is 0 Å². The summed E-state index contributed by atoms with van der Waals surface area (Å²) in [7, 11) is -1.31. The number of hydrogen-bond donors (Lipinski definition) is 1. The molecule has 1 aromatic carbocycles. The summed E-state index contributed by atoms with van der Waals surface area (Å²) >= 11 is 0. The summed E-state index contributed by atoms with van der Waals surface area (Å²) in [5, 5.41) is 9.11. The van der Waals surface area contributed by atoms with Gasteiger partial charge in [0.15, 0.2) is 30.8 Å². The lowest BCUT2D eigenvalue weighted by Gasteiger charge is -2.42. The lowest BCUT2D eigenvalue weighted by Crippen LogP contribution is -2.57. The molecular weight excluding hydrogens is 600 g/mol. The third-order valence-electron chi connectivity index (χ3n) is 7.98. The zero-order valence-electron chi connectivity index (χ0n) is 26.8. The minimum absolute atomic E-state index is 0.0336. The van der Waals surface area contributed by atoms with E-state index in [1.165, 1.54) is 11.0 Å². The summed E-state index contributed by atoms with van der Waals surface area (Å²) in [6.07, 6.45) is 4.39. The number of anilines is 1. The number of nitrogens with zero attached hydrogens (tertiary/aromatic N) is 2. The van der Waals surface area contributed by atoms with E-state index >= 15 is 0 Å². The van der Waals surface area contributed by atoms with Crippen molar-refractivity contribution >= 4 is 31.7 Å². The van der Waals surface area contributed by atoms with Crippen molar-refractivity contribution in [1.82, 2.24) is 4.90 Å². The molecule has 12 nitrogen and oxygen atoms in total. The fourth-order valence-electron chi connectivity index (χ4n) is 5.59. The maximum absolute atomic E-state index is 14.2. The molecule has 250 valence electrons. The molecular formula is C32H48N2O10Si. The lowest BCUT2D eigenvalue weighted by atomic mass is 10.00. The van der Waals surface area contributed by atoms with Crippen LogP contribution >= 0.6 is 0 Å². The minimum Gasteiger partial charge on any atom is -0.490 e. The molecule has 3 unspecified atom stereocenters. The quantitative estimate of drug-likeness (QED) is 0.110. The van der Waals surface area contributed by atoms with Crippen molar-refractivity contribution < 1.29 is 47.9 Å². The van der Waals surface area contributed by atoms with E-state index in [9.17, 15) is 14.4 Å². The van der Waals surface area contributed by atoms with E-state index in [2.05, 4.69) is 26.2 Å². The number of rotatable bonds is 15. The number of carboxylic acids is 1. The molecule has 0 bridgehead atoms. The summed E-state index contributed by atoms with van der Waals surface area (Å²) in [6, 6.07) is 3.68. The number of carbonyl (C=O) groups is 3. The Labute approximate surface area is 266 Å². The van der Waals surface area contributed by atoms with Gasteiger partial charge in [-0.3, -0.25) is 9.59 Å². The van der Waals surface area contributed by atoms with Gasteiger partial charge in [-0.25, -0.2) is 9.69 Å². The van der Waals surface area contributed by atoms with Crippen molar-refractivity contribution in [3.63, 3.8) is 0 Å².